The summed E-state index contributed by atoms with van der Waals surface area (Å²) in [5, 5.41) is 9.28. The van der Waals surface area contributed by atoms with Crippen LogP contribution in [0.3, 0.4) is 0 Å². The van der Waals surface area contributed by atoms with Gasteiger partial charge in [-0.1, -0.05) is 0 Å². The summed E-state index contributed by atoms with van der Waals surface area (Å²) in [6.07, 6.45) is 8.02. The maximum absolute atomic E-state index is 9.28. The lowest BCUT2D eigenvalue weighted by atomic mass is 10.1. The lowest BCUT2D eigenvalue weighted by molar-refractivity contribution is 0.281. The van der Waals surface area contributed by atoms with Gasteiger partial charge in [0.15, 0.2) is 0 Å². The molecule has 0 amide bonds. The summed E-state index contributed by atoms with van der Waals surface area (Å²) < 4.78 is 0. The number of nitrogens with zero attached hydrogens (tertiary/aromatic N) is 3. The molecular weight excluding hydrogens is 226 g/mol. The van der Waals surface area contributed by atoms with Gasteiger partial charge in [-0.25, -0.2) is 0 Å². The fourth-order valence-corrected chi connectivity index (χ4v) is 1.88. The van der Waals surface area contributed by atoms with Gasteiger partial charge in [-0.2, -0.15) is 0 Å². The number of aromatic nitrogens is 2. The zero-order chi connectivity index (χ0) is 12.8. The first-order valence-electron chi connectivity index (χ1n) is 5.95. The van der Waals surface area contributed by atoms with Gasteiger partial charge in [0.05, 0.1) is 6.61 Å². The number of anilines is 1. The molecule has 4 heteroatoms. The summed E-state index contributed by atoms with van der Waals surface area (Å²) in [6, 6.07) is 5.97. The molecule has 1 N–H and O–H groups in total. The molecule has 0 fully saturated rings. The van der Waals surface area contributed by atoms with E-state index in [2.05, 4.69) is 14.9 Å². The van der Waals surface area contributed by atoms with Gasteiger partial charge >= 0.3 is 0 Å². The van der Waals surface area contributed by atoms with Gasteiger partial charge in [-0.3, -0.25) is 9.97 Å². The van der Waals surface area contributed by atoms with Crippen molar-refractivity contribution in [3.63, 3.8) is 0 Å². The van der Waals surface area contributed by atoms with Crippen molar-refractivity contribution in [2.45, 2.75) is 13.0 Å². The van der Waals surface area contributed by atoms with Crippen LogP contribution in [0.1, 0.15) is 11.1 Å². The van der Waals surface area contributed by atoms with Gasteiger partial charge in [0.25, 0.3) is 0 Å². The Morgan fingerprint density at radius 2 is 1.83 bits per heavy atom. The van der Waals surface area contributed by atoms with Crippen LogP contribution in [0.4, 0.5) is 5.69 Å². The Morgan fingerprint density at radius 1 is 1.11 bits per heavy atom. The topological polar surface area (TPSA) is 49.2 Å². The normalized spacial score (nSPS) is 10.3. The third-order valence-corrected chi connectivity index (χ3v) is 2.94. The molecule has 0 aliphatic heterocycles. The minimum Gasteiger partial charge on any atom is -0.392 e. The number of pyridine rings is 2. The standard InChI is InChI=1S/C14H17N3O/c1-17(9-5-12-2-6-15-7-3-12)14-4-8-16-10-13(14)11-18/h2-4,6-8,10,18H,5,9,11H2,1H3. The first-order valence-corrected chi connectivity index (χ1v) is 5.95. The number of likely N-dealkylation sites (N-methyl/N-ethyl adjacent to an activating group) is 1. The fraction of sp³-hybridized carbons (Fsp3) is 0.286. The van der Waals surface area contributed by atoms with Crippen LogP contribution in [-0.2, 0) is 13.0 Å². The van der Waals surface area contributed by atoms with Crippen LogP contribution in [-0.4, -0.2) is 28.7 Å². The summed E-state index contributed by atoms with van der Waals surface area (Å²) in [6.45, 7) is 0.907. The second kappa shape index (κ2) is 6.12. The molecule has 0 saturated heterocycles. The van der Waals surface area contributed by atoms with Crippen LogP contribution < -0.4 is 4.90 Å². The number of hydrogen-bond donors (Lipinski definition) is 1. The summed E-state index contributed by atoms with van der Waals surface area (Å²) in [4.78, 5) is 10.2. The van der Waals surface area contributed by atoms with Crippen molar-refractivity contribution < 1.29 is 5.11 Å². The number of aliphatic hydroxyl groups excluding tert-OH is 1. The summed E-state index contributed by atoms with van der Waals surface area (Å²) in [5.74, 6) is 0. The predicted molar refractivity (Wildman–Crippen MR) is 71.4 cm³/mol. The Bertz CT molecular complexity index is 487. The van der Waals surface area contributed by atoms with Gasteiger partial charge < -0.3 is 10.0 Å². The zero-order valence-electron chi connectivity index (χ0n) is 10.5. The highest BCUT2D eigenvalue weighted by molar-refractivity contribution is 5.51. The largest absolute Gasteiger partial charge is 0.392 e. The van der Waals surface area contributed by atoms with Crippen molar-refractivity contribution in [2.75, 3.05) is 18.5 Å². The zero-order valence-corrected chi connectivity index (χ0v) is 10.5. The number of aliphatic hydroxyl groups is 1. The van der Waals surface area contributed by atoms with Crippen LogP contribution in [0.2, 0.25) is 0 Å². The highest BCUT2D eigenvalue weighted by Gasteiger charge is 2.06. The SMILES string of the molecule is CN(CCc1ccncc1)c1ccncc1CO. The molecule has 0 saturated carbocycles. The summed E-state index contributed by atoms with van der Waals surface area (Å²) in [7, 11) is 2.02. The van der Waals surface area contributed by atoms with Crippen LogP contribution >= 0.6 is 0 Å². The predicted octanol–water partition coefficient (Wildman–Crippen LogP) is 1.65. The molecule has 0 aliphatic carbocycles. The van der Waals surface area contributed by atoms with Crippen LogP contribution in [0, 0.1) is 0 Å². The quantitative estimate of drug-likeness (QED) is 0.867. The molecule has 0 radical (unpaired) electrons. The Labute approximate surface area is 107 Å². The molecular formula is C14H17N3O. The van der Waals surface area contributed by atoms with Gasteiger partial charge in [0, 0.05) is 49.6 Å². The van der Waals surface area contributed by atoms with Crippen LogP contribution in [0.5, 0.6) is 0 Å². The summed E-state index contributed by atoms with van der Waals surface area (Å²) in [5.41, 5.74) is 3.15. The molecule has 0 atom stereocenters. The first kappa shape index (κ1) is 12.5. The van der Waals surface area contributed by atoms with Crippen molar-refractivity contribution in [1.82, 2.24) is 9.97 Å². The van der Waals surface area contributed by atoms with E-state index in [1.165, 1.54) is 5.56 Å². The van der Waals surface area contributed by atoms with Crippen LogP contribution in [0.25, 0.3) is 0 Å². The second-order valence-corrected chi connectivity index (χ2v) is 4.19. The van der Waals surface area contributed by atoms with Crippen molar-refractivity contribution in [2.24, 2.45) is 0 Å². The lowest BCUT2D eigenvalue weighted by Crippen LogP contribution is -2.21. The molecule has 0 bridgehead atoms. The maximum Gasteiger partial charge on any atom is 0.0717 e. The van der Waals surface area contributed by atoms with Crippen molar-refractivity contribution >= 4 is 5.69 Å². The van der Waals surface area contributed by atoms with E-state index in [4.69, 9.17) is 0 Å². The highest BCUT2D eigenvalue weighted by Crippen LogP contribution is 2.18. The highest BCUT2D eigenvalue weighted by atomic mass is 16.3. The molecule has 18 heavy (non-hydrogen) atoms. The third-order valence-electron chi connectivity index (χ3n) is 2.94. The Balaban J connectivity index is 2.01. The average Bonchev–Trinajstić information content (AvgIpc) is 2.45. The van der Waals surface area contributed by atoms with E-state index < -0.39 is 0 Å². The van der Waals surface area contributed by atoms with Crippen LogP contribution in [0.15, 0.2) is 43.0 Å². The molecule has 0 spiro atoms. The first-order chi connectivity index (χ1) is 8.81. The van der Waals surface area contributed by atoms with Gasteiger partial charge in [0.2, 0.25) is 0 Å². The minimum atomic E-state index is 0.0166. The van der Waals surface area contributed by atoms with E-state index in [0.717, 1.165) is 24.2 Å². The lowest BCUT2D eigenvalue weighted by Gasteiger charge is -2.21. The Kier molecular flexibility index (Phi) is 4.25. The number of hydrogen-bond acceptors (Lipinski definition) is 4. The smallest absolute Gasteiger partial charge is 0.0717 e. The van der Waals surface area contributed by atoms with E-state index in [1.807, 2.05) is 25.2 Å². The molecule has 2 heterocycles. The Hall–Kier alpha value is -1.94. The Morgan fingerprint density at radius 3 is 2.56 bits per heavy atom. The average molecular weight is 243 g/mol. The molecule has 0 aliphatic rings. The van der Waals surface area contributed by atoms with Gasteiger partial charge in [0.1, 0.15) is 0 Å². The van der Waals surface area contributed by atoms with Crippen molar-refractivity contribution in [3.05, 3.63) is 54.1 Å². The van der Waals surface area contributed by atoms with Crippen molar-refractivity contribution in [3.8, 4) is 0 Å². The molecule has 2 aromatic rings. The second-order valence-electron chi connectivity index (χ2n) is 4.19. The minimum absolute atomic E-state index is 0.0166. The van der Waals surface area contributed by atoms with E-state index in [9.17, 15) is 5.11 Å². The van der Waals surface area contributed by atoms with Gasteiger partial charge in [-0.05, 0) is 30.2 Å². The van der Waals surface area contributed by atoms with Crippen molar-refractivity contribution in [1.29, 1.82) is 0 Å². The number of rotatable bonds is 5. The van der Waals surface area contributed by atoms with E-state index in [0.29, 0.717) is 0 Å². The third kappa shape index (κ3) is 3.05. The monoisotopic (exact) mass is 243 g/mol. The molecule has 94 valence electrons. The molecule has 0 unspecified atom stereocenters. The molecule has 4 nitrogen and oxygen atoms in total. The van der Waals surface area contributed by atoms with E-state index in [-0.39, 0.29) is 6.61 Å². The molecule has 2 aromatic heterocycles. The molecule has 2 rings (SSSR count). The maximum atomic E-state index is 9.28. The van der Waals surface area contributed by atoms with Gasteiger partial charge in [-0.15, -0.1) is 0 Å². The molecule has 0 aromatic carbocycles. The fourth-order valence-electron chi connectivity index (χ4n) is 1.88. The summed E-state index contributed by atoms with van der Waals surface area (Å²) >= 11 is 0. The van der Waals surface area contributed by atoms with E-state index in [1.54, 1.807) is 24.8 Å². The van der Waals surface area contributed by atoms with E-state index >= 15 is 0 Å².